The van der Waals surface area contributed by atoms with E-state index in [0.29, 0.717) is 19.3 Å². The predicted octanol–water partition coefficient (Wildman–Crippen LogP) is 3.52. The molecule has 1 aromatic rings. The molecule has 0 radical (unpaired) electrons. The third-order valence-corrected chi connectivity index (χ3v) is 3.73. The van der Waals surface area contributed by atoms with Crippen LogP contribution in [0.5, 0.6) is 0 Å². The van der Waals surface area contributed by atoms with Gasteiger partial charge in [0.05, 0.1) is 0 Å². The summed E-state index contributed by atoms with van der Waals surface area (Å²) in [6, 6.07) is 6.14. The standard InChI is InChI=1S/C14H18F3N/c15-12-3-1-2-10(8-12)9-13(18)11-4-6-14(16,17)7-5-11/h1-3,8,11,13H,4-7,9,18H2. The molecule has 1 aliphatic carbocycles. The molecular formula is C14H18F3N. The summed E-state index contributed by atoms with van der Waals surface area (Å²) in [5.41, 5.74) is 6.88. The lowest BCUT2D eigenvalue weighted by Crippen LogP contribution is -2.37. The third-order valence-electron chi connectivity index (χ3n) is 3.73. The molecular weight excluding hydrogens is 239 g/mol. The maximum Gasteiger partial charge on any atom is 0.248 e. The van der Waals surface area contributed by atoms with Crippen LogP contribution in [0.3, 0.4) is 0 Å². The zero-order chi connectivity index (χ0) is 13.2. The Kier molecular flexibility index (Phi) is 3.95. The maximum atomic E-state index is 13.0. The molecule has 2 N–H and O–H groups in total. The van der Waals surface area contributed by atoms with Crippen LogP contribution in [-0.4, -0.2) is 12.0 Å². The molecule has 0 saturated heterocycles. The molecule has 1 aliphatic rings. The van der Waals surface area contributed by atoms with Crippen molar-refractivity contribution in [1.29, 1.82) is 0 Å². The van der Waals surface area contributed by atoms with Crippen LogP contribution in [-0.2, 0) is 6.42 Å². The first-order valence-electron chi connectivity index (χ1n) is 6.34. The van der Waals surface area contributed by atoms with Crippen molar-refractivity contribution >= 4 is 0 Å². The van der Waals surface area contributed by atoms with Gasteiger partial charge in [0.15, 0.2) is 0 Å². The molecule has 18 heavy (non-hydrogen) atoms. The minimum Gasteiger partial charge on any atom is -0.327 e. The Labute approximate surface area is 105 Å². The van der Waals surface area contributed by atoms with E-state index in [1.165, 1.54) is 12.1 Å². The van der Waals surface area contributed by atoms with Crippen LogP contribution in [0.15, 0.2) is 24.3 Å². The minimum absolute atomic E-state index is 0.0749. The van der Waals surface area contributed by atoms with Crippen molar-refractivity contribution < 1.29 is 13.2 Å². The number of benzene rings is 1. The lowest BCUT2D eigenvalue weighted by atomic mass is 9.80. The van der Waals surface area contributed by atoms with Crippen LogP contribution < -0.4 is 5.73 Å². The van der Waals surface area contributed by atoms with Gasteiger partial charge in [-0.05, 0) is 42.9 Å². The summed E-state index contributed by atoms with van der Waals surface area (Å²) in [4.78, 5) is 0. The molecule has 1 unspecified atom stereocenters. The zero-order valence-electron chi connectivity index (χ0n) is 10.2. The Morgan fingerprint density at radius 3 is 2.56 bits per heavy atom. The van der Waals surface area contributed by atoms with Crippen molar-refractivity contribution in [2.45, 2.75) is 44.1 Å². The molecule has 0 bridgehead atoms. The topological polar surface area (TPSA) is 26.0 Å². The first kappa shape index (κ1) is 13.4. The van der Waals surface area contributed by atoms with Gasteiger partial charge in [0.25, 0.3) is 0 Å². The predicted molar refractivity (Wildman–Crippen MR) is 65.0 cm³/mol. The fourth-order valence-electron chi connectivity index (χ4n) is 2.59. The number of hydrogen-bond donors (Lipinski definition) is 1. The Hall–Kier alpha value is -1.03. The number of alkyl halides is 2. The molecule has 0 spiro atoms. The second kappa shape index (κ2) is 5.31. The van der Waals surface area contributed by atoms with Crippen molar-refractivity contribution in [1.82, 2.24) is 0 Å². The van der Waals surface area contributed by atoms with Crippen molar-refractivity contribution in [3.8, 4) is 0 Å². The number of nitrogens with two attached hydrogens (primary N) is 1. The van der Waals surface area contributed by atoms with E-state index in [0.717, 1.165) is 5.56 Å². The van der Waals surface area contributed by atoms with Gasteiger partial charge in [-0.15, -0.1) is 0 Å². The molecule has 0 heterocycles. The fraction of sp³-hybridized carbons (Fsp3) is 0.571. The molecule has 1 fully saturated rings. The first-order chi connectivity index (χ1) is 8.46. The molecule has 1 nitrogen and oxygen atoms in total. The Morgan fingerprint density at radius 1 is 1.28 bits per heavy atom. The summed E-state index contributed by atoms with van der Waals surface area (Å²) in [5.74, 6) is -2.68. The van der Waals surface area contributed by atoms with Crippen LogP contribution in [0.2, 0.25) is 0 Å². The monoisotopic (exact) mass is 257 g/mol. The number of rotatable bonds is 3. The van der Waals surface area contributed by atoms with Crippen LogP contribution in [0.4, 0.5) is 13.2 Å². The van der Waals surface area contributed by atoms with Crippen molar-refractivity contribution in [2.24, 2.45) is 11.7 Å². The zero-order valence-corrected chi connectivity index (χ0v) is 10.2. The van der Waals surface area contributed by atoms with E-state index < -0.39 is 5.92 Å². The highest BCUT2D eigenvalue weighted by Crippen LogP contribution is 2.37. The summed E-state index contributed by atoms with van der Waals surface area (Å²) in [7, 11) is 0. The molecule has 100 valence electrons. The molecule has 2 rings (SSSR count). The van der Waals surface area contributed by atoms with Gasteiger partial charge in [0.2, 0.25) is 5.92 Å². The quantitative estimate of drug-likeness (QED) is 0.881. The highest BCUT2D eigenvalue weighted by Gasteiger charge is 2.36. The average molecular weight is 257 g/mol. The summed E-state index contributed by atoms with van der Waals surface area (Å²) < 4.78 is 39.1. The van der Waals surface area contributed by atoms with E-state index in [1.54, 1.807) is 6.07 Å². The Balaban J connectivity index is 1.91. The van der Waals surface area contributed by atoms with E-state index in [9.17, 15) is 13.2 Å². The highest BCUT2D eigenvalue weighted by atomic mass is 19.3. The summed E-state index contributed by atoms with van der Waals surface area (Å²) >= 11 is 0. The molecule has 0 aliphatic heterocycles. The molecule has 1 aromatic carbocycles. The van der Waals surface area contributed by atoms with Gasteiger partial charge < -0.3 is 5.73 Å². The van der Waals surface area contributed by atoms with Crippen LogP contribution in [0.1, 0.15) is 31.2 Å². The normalized spacial score (nSPS) is 21.8. The van der Waals surface area contributed by atoms with Crippen molar-refractivity contribution in [3.63, 3.8) is 0 Å². The van der Waals surface area contributed by atoms with Gasteiger partial charge in [-0.25, -0.2) is 13.2 Å². The van der Waals surface area contributed by atoms with Gasteiger partial charge in [-0.2, -0.15) is 0 Å². The molecule has 4 heteroatoms. The SMILES string of the molecule is NC(Cc1cccc(F)c1)C1CCC(F)(F)CC1. The van der Waals surface area contributed by atoms with Crippen LogP contribution in [0.25, 0.3) is 0 Å². The fourth-order valence-corrected chi connectivity index (χ4v) is 2.59. The summed E-state index contributed by atoms with van der Waals surface area (Å²) in [6.45, 7) is 0. The lowest BCUT2D eigenvalue weighted by molar-refractivity contribution is -0.0481. The maximum absolute atomic E-state index is 13.0. The van der Waals surface area contributed by atoms with Gasteiger partial charge in [0.1, 0.15) is 5.82 Å². The van der Waals surface area contributed by atoms with Crippen molar-refractivity contribution in [2.75, 3.05) is 0 Å². The van der Waals surface area contributed by atoms with Crippen LogP contribution >= 0.6 is 0 Å². The van der Waals surface area contributed by atoms with E-state index in [2.05, 4.69) is 0 Å². The largest absolute Gasteiger partial charge is 0.327 e. The van der Waals surface area contributed by atoms with Crippen LogP contribution in [0, 0.1) is 11.7 Å². The highest BCUT2D eigenvalue weighted by molar-refractivity contribution is 5.17. The Morgan fingerprint density at radius 2 is 1.94 bits per heavy atom. The molecule has 1 atom stereocenters. The minimum atomic E-state index is -2.52. The van der Waals surface area contributed by atoms with Gasteiger partial charge >= 0.3 is 0 Å². The first-order valence-corrected chi connectivity index (χ1v) is 6.34. The number of hydrogen-bond acceptors (Lipinski definition) is 1. The second-order valence-electron chi connectivity index (χ2n) is 5.19. The van der Waals surface area contributed by atoms with E-state index in [-0.39, 0.29) is 30.6 Å². The van der Waals surface area contributed by atoms with E-state index in [1.807, 2.05) is 6.07 Å². The average Bonchev–Trinajstić information content (AvgIpc) is 2.28. The van der Waals surface area contributed by atoms with Gasteiger partial charge in [-0.1, -0.05) is 12.1 Å². The van der Waals surface area contributed by atoms with Crippen molar-refractivity contribution in [3.05, 3.63) is 35.6 Å². The third kappa shape index (κ3) is 3.48. The smallest absolute Gasteiger partial charge is 0.248 e. The summed E-state index contributed by atoms with van der Waals surface area (Å²) in [6.07, 6.45) is 1.32. The lowest BCUT2D eigenvalue weighted by Gasteiger charge is -2.32. The Bertz CT molecular complexity index is 396. The molecule has 1 saturated carbocycles. The molecule has 0 amide bonds. The molecule has 0 aromatic heterocycles. The number of halogens is 3. The van der Waals surface area contributed by atoms with E-state index >= 15 is 0 Å². The summed E-state index contributed by atoms with van der Waals surface area (Å²) in [5, 5.41) is 0. The second-order valence-corrected chi connectivity index (χ2v) is 5.19. The van der Waals surface area contributed by atoms with E-state index in [4.69, 9.17) is 5.73 Å². The van der Waals surface area contributed by atoms with Gasteiger partial charge in [-0.3, -0.25) is 0 Å². The van der Waals surface area contributed by atoms with Gasteiger partial charge in [0, 0.05) is 18.9 Å².